The van der Waals surface area contributed by atoms with Gasteiger partial charge >= 0.3 is 0 Å². The van der Waals surface area contributed by atoms with E-state index in [1.807, 2.05) is 24.3 Å². The van der Waals surface area contributed by atoms with Crippen LogP contribution in [0.5, 0.6) is 5.75 Å². The van der Waals surface area contributed by atoms with Crippen LogP contribution in [-0.4, -0.2) is 11.7 Å². The molecule has 2 aromatic rings. The second kappa shape index (κ2) is 5.35. The number of benzene rings is 2. The molecule has 3 heteroatoms. The highest BCUT2D eigenvalue weighted by Crippen LogP contribution is 2.30. The molecule has 0 atom stereocenters. The lowest BCUT2D eigenvalue weighted by Crippen LogP contribution is -2.02. The molecule has 0 spiro atoms. The second-order valence-corrected chi connectivity index (χ2v) is 4.08. The van der Waals surface area contributed by atoms with Gasteiger partial charge in [-0.25, -0.2) is 0 Å². The monoisotopic (exact) mass is 238 g/mol. The molecule has 0 heterocycles. The van der Waals surface area contributed by atoms with Crippen LogP contribution in [0.15, 0.2) is 42.5 Å². The molecular weight excluding hydrogens is 224 g/mol. The Morgan fingerprint density at radius 1 is 1.17 bits per heavy atom. The van der Waals surface area contributed by atoms with Gasteiger partial charge in [-0.2, -0.15) is 5.26 Å². The van der Waals surface area contributed by atoms with Crippen molar-refractivity contribution in [1.29, 1.82) is 5.26 Å². The van der Waals surface area contributed by atoms with Crippen LogP contribution in [-0.2, 0) is 6.42 Å². The predicted molar refractivity (Wildman–Crippen MR) is 71.0 cm³/mol. The molecule has 2 rings (SSSR count). The molecule has 0 aromatic heterocycles. The first-order chi connectivity index (χ1) is 8.74. The van der Waals surface area contributed by atoms with E-state index in [1.165, 1.54) is 0 Å². The summed E-state index contributed by atoms with van der Waals surface area (Å²) in [6.07, 6.45) is 0.769. The molecule has 3 nitrogen and oxygen atoms in total. The Bertz CT molecular complexity index is 600. The number of rotatable bonds is 3. The number of nitrogens with two attached hydrogens (primary N) is 1. The highest BCUT2D eigenvalue weighted by atomic mass is 16.3. The third-order valence-corrected chi connectivity index (χ3v) is 2.80. The van der Waals surface area contributed by atoms with E-state index in [9.17, 15) is 5.11 Å². The van der Waals surface area contributed by atoms with E-state index in [4.69, 9.17) is 11.0 Å². The number of nitriles is 1. The van der Waals surface area contributed by atoms with Crippen LogP contribution in [0.1, 0.15) is 11.1 Å². The molecule has 0 aliphatic heterocycles. The first kappa shape index (κ1) is 12.2. The van der Waals surface area contributed by atoms with Crippen LogP contribution >= 0.6 is 0 Å². The van der Waals surface area contributed by atoms with Crippen LogP contribution < -0.4 is 5.73 Å². The Kier molecular flexibility index (Phi) is 3.61. The molecule has 0 amide bonds. The van der Waals surface area contributed by atoms with E-state index in [2.05, 4.69) is 6.07 Å². The molecule has 0 aliphatic rings. The van der Waals surface area contributed by atoms with Gasteiger partial charge in [-0.15, -0.1) is 0 Å². The van der Waals surface area contributed by atoms with Gasteiger partial charge < -0.3 is 10.8 Å². The summed E-state index contributed by atoms with van der Waals surface area (Å²) in [4.78, 5) is 0. The first-order valence-corrected chi connectivity index (χ1v) is 5.77. The van der Waals surface area contributed by atoms with Crippen LogP contribution in [0.2, 0.25) is 0 Å². The Labute approximate surface area is 106 Å². The van der Waals surface area contributed by atoms with Crippen molar-refractivity contribution >= 4 is 0 Å². The number of aromatic hydroxyl groups is 1. The van der Waals surface area contributed by atoms with Crippen molar-refractivity contribution in [3.8, 4) is 22.9 Å². The Balaban J connectivity index is 2.48. The first-order valence-electron chi connectivity index (χ1n) is 5.77. The van der Waals surface area contributed by atoms with Crippen molar-refractivity contribution < 1.29 is 5.11 Å². The van der Waals surface area contributed by atoms with E-state index in [-0.39, 0.29) is 5.75 Å². The van der Waals surface area contributed by atoms with E-state index >= 15 is 0 Å². The molecule has 0 aliphatic carbocycles. The van der Waals surface area contributed by atoms with E-state index in [0.29, 0.717) is 12.1 Å². The number of phenolic OH excluding ortho intramolecular Hbond substituents is 1. The largest absolute Gasteiger partial charge is 0.507 e. The third kappa shape index (κ3) is 2.50. The molecule has 0 unspecified atom stereocenters. The molecule has 0 fully saturated rings. The second-order valence-electron chi connectivity index (χ2n) is 4.08. The fourth-order valence-corrected chi connectivity index (χ4v) is 1.89. The van der Waals surface area contributed by atoms with Gasteiger partial charge in [0.25, 0.3) is 0 Å². The van der Waals surface area contributed by atoms with Crippen molar-refractivity contribution in [3.63, 3.8) is 0 Å². The van der Waals surface area contributed by atoms with Crippen molar-refractivity contribution in [2.45, 2.75) is 6.42 Å². The zero-order chi connectivity index (χ0) is 13.0. The van der Waals surface area contributed by atoms with E-state index in [0.717, 1.165) is 23.1 Å². The van der Waals surface area contributed by atoms with Crippen LogP contribution in [0.4, 0.5) is 0 Å². The minimum atomic E-state index is 0.214. The molecular formula is C15H14N2O. The maximum atomic E-state index is 9.91. The lowest BCUT2D eigenvalue weighted by molar-refractivity contribution is 0.477. The molecule has 18 heavy (non-hydrogen) atoms. The summed E-state index contributed by atoms with van der Waals surface area (Å²) in [7, 11) is 0. The summed E-state index contributed by atoms with van der Waals surface area (Å²) >= 11 is 0. The van der Waals surface area contributed by atoms with Crippen molar-refractivity contribution in [2.24, 2.45) is 5.73 Å². The fourth-order valence-electron chi connectivity index (χ4n) is 1.89. The maximum Gasteiger partial charge on any atom is 0.123 e. The van der Waals surface area contributed by atoms with Gasteiger partial charge in [-0.05, 0) is 48.4 Å². The topological polar surface area (TPSA) is 70.0 Å². The molecule has 0 bridgehead atoms. The van der Waals surface area contributed by atoms with Gasteiger partial charge in [0.1, 0.15) is 5.75 Å². The minimum absolute atomic E-state index is 0.214. The molecule has 3 N–H and O–H groups in total. The molecule has 90 valence electrons. The van der Waals surface area contributed by atoms with Gasteiger partial charge in [-0.1, -0.05) is 18.2 Å². The average molecular weight is 238 g/mol. The van der Waals surface area contributed by atoms with Crippen LogP contribution in [0.3, 0.4) is 0 Å². The number of hydrogen-bond donors (Lipinski definition) is 2. The zero-order valence-corrected chi connectivity index (χ0v) is 9.93. The summed E-state index contributed by atoms with van der Waals surface area (Å²) < 4.78 is 0. The van der Waals surface area contributed by atoms with E-state index < -0.39 is 0 Å². The number of hydrogen-bond acceptors (Lipinski definition) is 3. The number of phenols is 1. The minimum Gasteiger partial charge on any atom is -0.507 e. The predicted octanol–water partition coefficient (Wildman–Crippen LogP) is 2.43. The Morgan fingerprint density at radius 2 is 2.00 bits per heavy atom. The average Bonchev–Trinajstić information content (AvgIpc) is 2.41. The zero-order valence-electron chi connectivity index (χ0n) is 9.93. The highest BCUT2D eigenvalue weighted by molar-refractivity contribution is 5.71. The summed E-state index contributed by atoms with van der Waals surface area (Å²) in [5.74, 6) is 0.214. The SMILES string of the molecule is N#Cc1cccc(-c2cc(CCN)ccc2O)c1. The van der Waals surface area contributed by atoms with Gasteiger partial charge in [0.05, 0.1) is 11.6 Å². The van der Waals surface area contributed by atoms with Gasteiger partial charge in [-0.3, -0.25) is 0 Å². The van der Waals surface area contributed by atoms with Gasteiger partial charge in [0.2, 0.25) is 0 Å². The molecule has 2 aromatic carbocycles. The van der Waals surface area contributed by atoms with Gasteiger partial charge in [0, 0.05) is 5.56 Å². The molecule has 0 saturated heterocycles. The smallest absolute Gasteiger partial charge is 0.123 e. The summed E-state index contributed by atoms with van der Waals surface area (Å²) in [6, 6.07) is 14.7. The van der Waals surface area contributed by atoms with Crippen molar-refractivity contribution in [1.82, 2.24) is 0 Å². The fraction of sp³-hybridized carbons (Fsp3) is 0.133. The van der Waals surface area contributed by atoms with Gasteiger partial charge in [0.15, 0.2) is 0 Å². The normalized spacial score (nSPS) is 10.0. The van der Waals surface area contributed by atoms with Crippen molar-refractivity contribution in [3.05, 3.63) is 53.6 Å². The maximum absolute atomic E-state index is 9.91. The molecule has 0 radical (unpaired) electrons. The highest BCUT2D eigenvalue weighted by Gasteiger charge is 2.06. The van der Waals surface area contributed by atoms with E-state index in [1.54, 1.807) is 18.2 Å². The standard InChI is InChI=1S/C15H14N2O/c16-7-6-11-4-5-15(18)14(9-11)13-3-1-2-12(8-13)10-17/h1-5,8-9,18H,6-7,16H2. The summed E-state index contributed by atoms with van der Waals surface area (Å²) in [5, 5.41) is 18.8. The van der Waals surface area contributed by atoms with Crippen LogP contribution in [0.25, 0.3) is 11.1 Å². The quantitative estimate of drug-likeness (QED) is 0.862. The van der Waals surface area contributed by atoms with Crippen molar-refractivity contribution in [2.75, 3.05) is 6.54 Å². The third-order valence-electron chi connectivity index (χ3n) is 2.80. The van der Waals surface area contributed by atoms with Crippen LogP contribution in [0, 0.1) is 11.3 Å². The Hall–Kier alpha value is -2.31. The lowest BCUT2D eigenvalue weighted by Gasteiger charge is -2.08. The molecule has 0 saturated carbocycles. The summed E-state index contributed by atoms with van der Waals surface area (Å²) in [5.41, 5.74) is 8.76. The lowest BCUT2D eigenvalue weighted by atomic mass is 9.99. The Morgan fingerprint density at radius 3 is 2.72 bits per heavy atom. The number of nitrogens with zero attached hydrogens (tertiary/aromatic N) is 1. The summed E-state index contributed by atoms with van der Waals surface area (Å²) in [6.45, 7) is 0.572.